The van der Waals surface area contributed by atoms with Crippen molar-refractivity contribution in [2.45, 2.75) is 18.6 Å². The Morgan fingerprint density at radius 1 is 1.03 bits per heavy atom. The van der Waals surface area contributed by atoms with E-state index in [0.29, 0.717) is 0 Å². The highest BCUT2D eigenvalue weighted by Crippen LogP contribution is 2.35. The maximum atomic E-state index is 13.5. The highest BCUT2D eigenvalue weighted by Gasteiger charge is 2.39. The van der Waals surface area contributed by atoms with Crippen molar-refractivity contribution in [3.8, 4) is 0 Å². The molecule has 1 aliphatic heterocycles. The summed E-state index contributed by atoms with van der Waals surface area (Å²) in [6.45, 7) is 0. The Balaban J connectivity index is 1.65. The number of benzene rings is 3. The summed E-state index contributed by atoms with van der Waals surface area (Å²) in [6.07, 6.45) is -5.20. The summed E-state index contributed by atoms with van der Waals surface area (Å²) in [5, 5.41) is 16.1. The Morgan fingerprint density at radius 3 is 2.47 bits per heavy atom. The van der Waals surface area contributed by atoms with E-state index in [0.717, 1.165) is 29.2 Å². The second-order valence-corrected chi connectivity index (χ2v) is 7.84. The number of hydrogen-bond donors (Lipinski definition) is 2. The zero-order valence-corrected chi connectivity index (χ0v) is 18.3. The van der Waals surface area contributed by atoms with Gasteiger partial charge in [0.25, 0.3) is 11.6 Å². The third kappa shape index (κ3) is 5.02. The Labute approximate surface area is 201 Å². The summed E-state index contributed by atoms with van der Waals surface area (Å²) in [7, 11) is 0. The van der Waals surface area contributed by atoms with Gasteiger partial charge >= 0.3 is 6.18 Å². The average molecular weight is 498 g/mol. The predicted molar refractivity (Wildman–Crippen MR) is 123 cm³/mol. The van der Waals surface area contributed by atoms with Crippen LogP contribution in [0, 0.1) is 10.1 Å². The lowest BCUT2D eigenvalue weighted by Gasteiger charge is -2.36. The van der Waals surface area contributed by atoms with Gasteiger partial charge in [0.1, 0.15) is 6.04 Å². The molecule has 3 amide bonds. The van der Waals surface area contributed by atoms with Crippen molar-refractivity contribution in [1.29, 1.82) is 0 Å². The smallest absolute Gasteiger partial charge is 0.326 e. The zero-order chi connectivity index (χ0) is 26.0. The van der Waals surface area contributed by atoms with E-state index >= 15 is 0 Å². The number of halogens is 3. The first-order valence-electron chi connectivity index (χ1n) is 10.5. The lowest BCUT2D eigenvalue weighted by molar-refractivity contribution is -0.384. The van der Waals surface area contributed by atoms with Crippen LogP contribution in [0.15, 0.2) is 72.8 Å². The van der Waals surface area contributed by atoms with Crippen molar-refractivity contribution in [2.75, 3.05) is 15.5 Å². The molecule has 4 rings (SSSR count). The number of nitrogens with zero attached hydrogens (tertiary/aromatic N) is 2. The number of non-ortho nitro benzene ring substituents is 1. The van der Waals surface area contributed by atoms with Crippen molar-refractivity contribution in [3.63, 3.8) is 0 Å². The monoisotopic (exact) mass is 498 g/mol. The number of nitrogens with one attached hydrogen (secondary N) is 2. The molecule has 3 aromatic rings. The fourth-order valence-electron chi connectivity index (χ4n) is 3.78. The number of alkyl halides is 3. The topological polar surface area (TPSA) is 122 Å². The zero-order valence-electron chi connectivity index (χ0n) is 18.3. The molecule has 2 N–H and O–H groups in total. The van der Waals surface area contributed by atoms with Crippen LogP contribution in [0.5, 0.6) is 0 Å². The van der Waals surface area contributed by atoms with E-state index in [1.54, 1.807) is 18.2 Å². The lowest BCUT2D eigenvalue weighted by Crippen LogP contribution is -2.52. The molecule has 1 atom stereocenters. The minimum absolute atomic E-state index is 0.0861. The average Bonchev–Trinajstić information content (AvgIpc) is 2.84. The number of nitro benzene ring substituents is 1. The lowest BCUT2D eigenvalue weighted by atomic mass is 10.0. The molecular weight excluding hydrogens is 481 g/mol. The number of para-hydroxylation sites is 2. The molecular formula is C24H17F3N4O5. The van der Waals surface area contributed by atoms with Gasteiger partial charge in [0.05, 0.1) is 28.3 Å². The van der Waals surface area contributed by atoms with Crippen LogP contribution in [0.25, 0.3) is 0 Å². The Kier molecular flexibility index (Phi) is 6.43. The van der Waals surface area contributed by atoms with Crippen LogP contribution in [0.3, 0.4) is 0 Å². The van der Waals surface area contributed by atoms with E-state index in [2.05, 4.69) is 10.6 Å². The highest BCUT2D eigenvalue weighted by molar-refractivity contribution is 6.18. The standard InChI is InChI=1S/C24H17F3N4O5/c25-24(26,27)15-6-4-7-16(12-15)28-21(32)13-20-22(33)29-18-9-1-2-10-19(18)30(20)23(34)14-5-3-8-17(11-14)31(35)36/h1-12,20H,13H2,(H,28,32)(H,29,33). The maximum absolute atomic E-state index is 13.5. The minimum Gasteiger partial charge on any atom is -0.326 e. The molecule has 0 radical (unpaired) electrons. The summed E-state index contributed by atoms with van der Waals surface area (Å²) < 4.78 is 39.0. The SMILES string of the molecule is O=C(CC1C(=O)Nc2ccccc2N1C(=O)c1cccc([N+](=O)[O-])c1)Nc1cccc(C(F)(F)F)c1. The summed E-state index contributed by atoms with van der Waals surface area (Å²) >= 11 is 0. The first kappa shape index (κ1) is 24.4. The fourth-order valence-corrected chi connectivity index (χ4v) is 3.78. The summed E-state index contributed by atoms with van der Waals surface area (Å²) in [6, 6.07) is 13.8. The van der Waals surface area contributed by atoms with Crippen LogP contribution >= 0.6 is 0 Å². The van der Waals surface area contributed by atoms with E-state index in [-0.39, 0.29) is 28.3 Å². The van der Waals surface area contributed by atoms with Gasteiger partial charge in [0.2, 0.25) is 11.8 Å². The number of carbonyl (C=O) groups is 3. The first-order valence-corrected chi connectivity index (χ1v) is 10.5. The second-order valence-electron chi connectivity index (χ2n) is 7.84. The van der Waals surface area contributed by atoms with Gasteiger partial charge in [-0.2, -0.15) is 13.2 Å². The summed E-state index contributed by atoms with van der Waals surface area (Å²) in [5.74, 6) is -2.28. The molecule has 0 saturated carbocycles. The first-order chi connectivity index (χ1) is 17.0. The molecule has 36 heavy (non-hydrogen) atoms. The minimum atomic E-state index is -4.62. The summed E-state index contributed by atoms with van der Waals surface area (Å²) in [4.78, 5) is 50.7. The molecule has 1 aliphatic rings. The molecule has 3 aromatic carbocycles. The predicted octanol–water partition coefficient (Wildman–Crippen LogP) is 4.61. The van der Waals surface area contributed by atoms with Gasteiger partial charge in [-0.25, -0.2) is 0 Å². The molecule has 0 aliphatic carbocycles. The number of amides is 3. The van der Waals surface area contributed by atoms with Crippen LogP contribution in [-0.4, -0.2) is 28.7 Å². The second kappa shape index (κ2) is 9.49. The molecule has 12 heteroatoms. The van der Waals surface area contributed by atoms with Crippen molar-refractivity contribution in [3.05, 3.63) is 94.0 Å². The van der Waals surface area contributed by atoms with Crippen molar-refractivity contribution in [2.24, 2.45) is 0 Å². The van der Waals surface area contributed by atoms with Crippen LogP contribution in [0.2, 0.25) is 0 Å². The molecule has 0 spiro atoms. The van der Waals surface area contributed by atoms with Gasteiger partial charge in [0.15, 0.2) is 0 Å². The Bertz CT molecular complexity index is 1380. The van der Waals surface area contributed by atoms with Crippen molar-refractivity contribution < 1.29 is 32.5 Å². The number of rotatable bonds is 5. The third-order valence-corrected chi connectivity index (χ3v) is 5.41. The van der Waals surface area contributed by atoms with E-state index in [4.69, 9.17) is 0 Å². The largest absolute Gasteiger partial charge is 0.416 e. The van der Waals surface area contributed by atoms with Crippen LogP contribution < -0.4 is 15.5 Å². The van der Waals surface area contributed by atoms with E-state index in [1.807, 2.05) is 0 Å². The number of fused-ring (bicyclic) bond motifs is 1. The Morgan fingerprint density at radius 2 is 1.75 bits per heavy atom. The van der Waals surface area contributed by atoms with Gasteiger partial charge in [-0.3, -0.25) is 29.4 Å². The third-order valence-electron chi connectivity index (χ3n) is 5.41. The van der Waals surface area contributed by atoms with Gasteiger partial charge < -0.3 is 10.6 Å². The normalized spacial score (nSPS) is 15.0. The molecule has 0 saturated heterocycles. The highest BCUT2D eigenvalue weighted by atomic mass is 19.4. The number of nitro groups is 1. The molecule has 0 aromatic heterocycles. The van der Waals surface area contributed by atoms with E-state index in [9.17, 15) is 37.7 Å². The quantitative estimate of drug-likeness (QED) is 0.393. The molecule has 0 bridgehead atoms. The maximum Gasteiger partial charge on any atom is 0.416 e. The van der Waals surface area contributed by atoms with Gasteiger partial charge in [-0.15, -0.1) is 0 Å². The molecule has 1 unspecified atom stereocenters. The van der Waals surface area contributed by atoms with Crippen molar-refractivity contribution in [1.82, 2.24) is 0 Å². The number of anilines is 3. The number of hydrogen-bond acceptors (Lipinski definition) is 5. The fraction of sp³-hybridized carbons (Fsp3) is 0.125. The van der Waals surface area contributed by atoms with E-state index in [1.165, 1.54) is 30.3 Å². The van der Waals surface area contributed by atoms with Crippen LogP contribution in [0.1, 0.15) is 22.3 Å². The molecule has 0 fully saturated rings. The van der Waals surface area contributed by atoms with Crippen molar-refractivity contribution >= 4 is 40.5 Å². The molecule has 184 valence electrons. The molecule has 9 nitrogen and oxygen atoms in total. The van der Waals surface area contributed by atoms with Crippen LogP contribution in [0.4, 0.5) is 35.9 Å². The van der Waals surface area contributed by atoms with Gasteiger partial charge in [-0.1, -0.05) is 24.3 Å². The van der Waals surface area contributed by atoms with Gasteiger partial charge in [-0.05, 0) is 36.4 Å². The number of carbonyl (C=O) groups excluding carboxylic acids is 3. The Hall–Kier alpha value is -4.74. The van der Waals surface area contributed by atoms with Gasteiger partial charge in [0, 0.05) is 23.4 Å². The molecule has 1 heterocycles. The van der Waals surface area contributed by atoms with Crippen LogP contribution in [-0.2, 0) is 15.8 Å². The summed E-state index contributed by atoms with van der Waals surface area (Å²) in [5.41, 5.74) is -0.983. The van der Waals surface area contributed by atoms with E-state index < -0.39 is 46.8 Å².